The summed E-state index contributed by atoms with van der Waals surface area (Å²) in [5.41, 5.74) is 0. The van der Waals surface area contributed by atoms with E-state index in [1.807, 2.05) is 0 Å². The largest absolute Gasteiger partial charge is 3.00 e. The van der Waals surface area contributed by atoms with Crippen LogP contribution in [0.15, 0.2) is 0 Å². The summed E-state index contributed by atoms with van der Waals surface area (Å²) in [4.78, 5) is 0. The molecule has 0 rings (SSSR count). The van der Waals surface area contributed by atoms with Crippen LogP contribution in [0.3, 0.4) is 0 Å². The van der Waals surface area contributed by atoms with Gasteiger partial charge in [0.2, 0.25) is 0 Å². The molecule has 7 heteroatoms. The van der Waals surface area contributed by atoms with Gasteiger partial charge in [-0.05, 0) is 0 Å². The molecule has 0 saturated carbocycles. The van der Waals surface area contributed by atoms with Gasteiger partial charge < -0.3 is 16.4 Å². The van der Waals surface area contributed by atoms with E-state index in [9.17, 15) is 0 Å². The minimum absolute atomic E-state index is 0. The zero-order valence-corrected chi connectivity index (χ0v) is 8.37. The monoisotopic (exact) mass is 200 g/mol. The molecule has 0 amide bonds. The van der Waals surface area contributed by atoms with E-state index < -0.39 is 0 Å². The minimum atomic E-state index is 0. The van der Waals surface area contributed by atoms with Crippen molar-refractivity contribution in [3.63, 3.8) is 0 Å². The Morgan fingerprint density at radius 3 is 0.778 bits per heavy atom. The zero-order valence-electron chi connectivity index (χ0n) is 4.55. The summed E-state index contributed by atoms with van der Waals surface area (Å²) in [5, 5.41) is 0. The van der Waals surface area contributed by atoms with E-state index in [2.05, 4.69) is 0 Å². The second-order valence-electron chi connectivity index (χ2n) is 0.378. The molecule has 50 valence electrons. The Kier molecular flexibility index (Phi) is 289. The molecule has 0 saturated heterocycles. The van der Waals surface area contributed by atoms with Crippen LogP contribution in [0.25, 0.3) is 0 Å². The van der Waals surface area contributed by atoms with Gasteiger partial charge in [-0.1, -0.05) is 0 Å². The molecule has 9 heavy (non-hydrogen) atoms. The summed E-state index contributed by atoms with van der Waals surface area (Å²) >= 11 is 10.1. The van der Waals surface area contributed by atoms with Crippen molar-refractivity contribution in [2.45, 2.75) is 0 Å². The van der Waals surface area contributed by atoms with E-state index in [4.69, 9.17) is 23.2 Å². The molecule has 0 aromatic rings. The number of rotatable bonds is 1. The first-order valence-electron chi connectivity index (χ1n) is 1.03. The first kappa shape index (κ1) is 46.6. The molecular formula is C2H4Al2Cl2O3. The molecule has 0 heterocycles. The summed E-state index contributed by atoms with van der Waals surface area (Å²) < 4.78 is 0. The van der Waals surface area contributed by atoms with Crippen LogP contribution in [-0.4, -0.2) is 46.5 Å². The fourth-order valence-electron chi connectivity index (χ4n) is 0. The molecule has 0 fully saturated rings. The van der Waals surface area contributed by atoms with E-state index in [0.717, 1.165) is 0 Å². The average Bonchev–Trinajstić information content (AvgIpc) is 1.37. The number of alkyl halides is 2. The molecule has 0 aliphatic carbocycles. The van der Waals surface area contributed by atoms with Crippen molar-refractivity contribution in [3.05, 3.63) is 0 Å². The summed E-state index contributed by atoms with van der Waals surface area (Å²) in [5.74, 6) is 1.11. The number of hydrogen-bond donors (Lipinski definition) is 0. The Morgan fingerprint density at radius 1 is 0.667 bits per heavy atom. The third-order valence-corrected chi connectivity index (χ3v) is 0.643. The Balaban J connectivity index is -0.00000000450. The van der Waals surface area contributed by atoms with Crippen LogP contribution >= 0.6 is 23.2 Å². The predicted octanol–water partition coefficient (Wildman–Crippen LogP) is 0.346. The van der Waals surface area contributed by atoms with Crippen molar-refractivity contribution in [3.8, 4) is 0 Å². The Morgan fingerprint density at radius 2 is 0.778 bits per heavy atom. The van der Waals surface area contributed by atoms with E-state index >= 15 is 0 Å². The van der Waals surface area contributed by atoms with Crippen LogP contribution in [0.5, 0.6) is 0 Å². The first-order valence-corrected chi connectivity index (χ1v) is 2.10. The maximum atomic E-state index is 5.05. The van der Waals surface area contributed by atoms with Crippen molar-refractivity contribution in [2.24, 2.45) is 0 Å². The topological polar surface area (TPSA) is 85.5 Å². The Labute approximate surface area is 85.9 Å². The van der Waals surface area contributed by atoms with Crippen LogP contribution in [-0.2, 0) is 16.4 Å². The van der Waals surface area contributed by atoms with Gasteiger partial charge in [0.05, 0.1) is 0 Å². The summed E-state index contributed by atoms with van der Waals surface area (Å²) in [6.45, 7) is 0. The van der Waals surface area contributed by atoms with Crippen LogP contribution in [0.2, 0.25) is 0 Å². The molecule has 0 unspecified atom stereocenters. The van der Waals surface area contributed by atoms with Crippen LogP contribution in [0.4, 0.5) is 0 Å². The summed E-state index contributed by atoms with van der Waals surface area (Å²) in [7, 11) is 0. The third kappa shape index (κ3) is 84.6. The van der Waals surface area contributed by atoms with Gasteiger partial charge in [0.15, 0.2) is 0 Å². The molecule has 0 aliphatic rings. The second-order valence-corrected chi connectivity index (χ2v) is 1.13. The number of halogens is 2. The predicted molar refractivity (Wildman–Crippen MR) is 35.0 cm³/mol. The Bertz CT molecular complexity index is 19.8. The van der Waals surface area contributed by atoms with Crippen molar-refractivity contribution in [2.75, 3.05) is 11.8 Å². The maximum Gasteiger partial charge on any atom is 3.00 e. The van der Waals surface area contributed by atoms with E-state index in [0.29, 0.717) is 11.8 Å². The standard InChI is InChI=1S/C2H4Cl2.2Al.3O/c3-1-2-4;;;;;/h1-2H2;;;;;/q;2*+3;3*-2. The van der Waals surface area contributed by atoms with Crippen molar-refractivity contribution in [1.82, 2.24) is 0 Å². The van der Waals surface area contributed by atoms with Crippen molar-refractivity contribution >= 4 is 57.9 Å². The normalized spacial score (nSPS) is 3.33. The fraction of sp³-hybridized carbons (Fsp3) is 1.00. The first-order chi connectivity index (χ1) is 1.91. The van der Waals surface area contributed by atoms with Crippen LogP contribution < -0.4 is 0 Å². The smallest absolute Gasteiger partial charge is 2.00 e. The quantitative estimate of drug-likeness (QED) is 0.432. The molecule has 0 radical (unpaired) electrons. The molecule has 3 nitrogen and oxygen atoms in total. The number of hydrogen-bond acceptors (Lipinski definition) is 0. The summed E-state index contributed by atoms with van der Waals surface area (Å²) in [6.07, 6.45) is 0. The third-order valence-electron chi connectivity index (χ3n) is 0.0714. The molecular weight excluding hydrogens is 197 g/mol. The zero-order chi connectivity index (χ0) is 3.41. The fourth-order valence-corrected chi connectivity index (χ4v) is 0. The van der Waals surface area contributed by atoms with Gasteiger partial charge in [-0.3, -0.25) is 0 Å². The van der Waals surface area contributed by atoms with E-state index in [1.165, 1.54) is 0 Å². The SMILES string of the molecule is ClCCCl.[Al+3].[Al+3].[O-2].[O-2].[O-2]. The van der Waals surface area contributed by atoms with E-state index in [-0.39, 0.29) is 51.2 Å². The van der Waals surface area contributed by atoms with Gasteiger partial charge in [0.25, 0.3) is 0 Å². The van der Waals surface area contributed by atoms with Gasteiger partial charge >= 0.3 is 34.7 Å². The maximum absolute atomic E-state index is 5.05. The van der Waals surface area contributed by atoms with Gasteiger partial charge in [-0.2, -0.15) is 0 Å². The Hall–Kier alpha value is 1.52. The average molecular weight is 201 g/mol. The van der Waals surface area contributed by atoms with E-state index in [1.54, 1.807) is 0 Å². The molecule has 0 atom stereocenters. The van der Waals surface area contributed by atoms with Crippen molar-refractivity contribution < 1.29 is 16.4 Å². The van der Waals surface area contributed by atoms with Gasteiger partial charge in [0, 0.05) is 11.8 Å². The molecule has 0 aromatic carbocycles. The minimum Gasteiger partial charge on any atom is -2.00 e. The molecule has 0 spiro atoms. The van der Waals surface area contributed by atoms with Crippen LogP contribution in [0, 0.1) is 0 Å². The van der Waals surface area contributed by atoms with Gasteiger partial charge in [-0.25, -0.2) is 0 Å². The van der Waals surface area contributed by atoms with Gasteiger partial charge in [-0.15, -0.1) is 23.2 Å². The molecule has 0 aliphatic heterocycles. The molecule has 0 N–H and O–H groups in total. The van der Waals surface area contributed by atoms with Gasteiger partial charge in [0.1, 0.15) is 0 Å². The molecule has 0 bridgehead atoms. The molecule has 0 aromatic heterocycles. The van der Waals surface area contributed by atoms with Crippen molar-refractivity contribution in [1.29, 1.82) is 0 Å². The summed E-state index contributed by atoms with van der Waals surface area (Å²) in [6, 6.07) is 0. The van der Waals surface area contributed by atoms with Crippen LogP contribution in [0.1, 0.15) is 0 Å². The second kappa shape index (κ2) is 55.7.